The number of rotatable bonds is 4. The summed E-state index contributed by atoms with van der Waals surface area (Å²) >= 11 is 3.56. The van der Waals surface area contributed by atoms with Crippen molar-refractivity contribution in [1.29, 1.82) is 0 Å². The summed E-state index contributed by atoms with van der Waals surface area (Å²) in [5.74, 6) is 0.228. The van der Waals surface area contributed by atoms with E-state index in [1.54, 1.807) is 0 Å². The van der Waals surface area contributed by atoms with Gasteiger partial charge in [-0.05, 0) is 31.4 Å². The van der Waals surface area contributed by atoms with E-state index in [-0.39, 0.29) is 11.9 Å². The second kappa shape index (κ2) is 7.79. The SMILES string of the molecule is C[C@H](NCC(=O)N1CCCCCC1)c1ccccc1Br. The summed E-state index contributed by atoms with van der Waals surface area (Å²) in [6, 6.07) is 8.31. The number of nitrogens with one attached hydrogen (secondary N) is 1. The van der Waals surface area contributed by atoms with E-state index in [9.17, 15) is 4.79 Å². The lowest BCUT2D eigenvalue weighted by Crippen LogP contribution is -2.39. The Hall–Kier alpha value is -0.870. The summed E-state index contributed by atoms with van der Waals surface area (Å²) in [5, 5.41) is 3.34. The van der Waals surface area contributed by atoms with Crippen LogP contribution in [0.4, 0.5) is 0 Å². The average Bonchev–Trinajstić information content (AvgIpc) is 2.74. The van der Waals surface area contributed by atoms with E-state index in [0.29, 0.717) is 6.54 Å². The Balaban J connectivity index is 1.85. The van der Waals surface area contributed by atoms with Gasteiger partial charge in [-0.1, -0.05) is 47.0 Å². The highest BCUT2D eigenvalue weighted by Gasteiger charge is 2.16. The lowest BCUT2D eigenvalue weighted by molar-refractivity contribution is -0.130. The van der Waals surface area contributed by atoms with Gasteiger partial charge in [-0.3, -0.25) is 4.79 Å². The van der Waals surface area contributed by atoms with Crippen molar-refractivity contribution in [2.75, 3.05) is 19.6 Å². The van der Waals surface area contributed by atoms with Crippen molar-refractivity contribution in [3.63, 3.8) is 0 Å². The van der Waals surface area contributed by atoms with Crippen LogP contribution in [0.5, 0.6) is 0 Å². The summed E-state index contributed by atoms with van der Waals surface area (Å²) in [6.45, 7) is 4.35. The van der Waals surface area contributed by atoms with Gasteiger partial charge in [-0.25, -0.2) is 0 Å². The van der Waals surface area contributed by atoms with Gasteiger partial charge in [0.2, 0.25) is 5.91 Å². The van der Waals surface area contributed by atoms with Crippen LogP contribution < -0.4 is 5.32 Å². The molecule has 1 fully saturated rings. The van der Waals surface area contributed by atoms with Crippen LogP contribution in [-0.4, -0.2) is 30.4 Å². The molecule has 1 heterocycles. The number of benzene rings is 1. The molecule has 1 aliphatic heterocycles. The normalized spacial score (nSPS) is 17.6. The number of nitrogens with zero attached hydrogens (tertiary/aromatic N) is 1. The van der Waals surface area contributed by atoms with Crippen molar-refractivity contribution in [2.24, 2.45) is 0 Å². The van der Waals surface area contributed by atoms with Crippen LogP contribution in [0.3, 0.4) is 0 Å². The molecule has 1 atom stereocenters. The zero-order chi connectivity index (χ0) is 14.4. The highest BCUT2D eigenvalue weighted by molar-refractivity contribution is 9.10. The molecular formula is C16H23BrN2O. The molecule has 0 spiro atoms. The first-order chi connectivity index (χ1) is 9.68. The first-order valence-corrected chi connectivity index (χ1v) is 8.23. The fourth-order valence-corrected chi connectivity index (χ4v) is 3.24. The molecule has 1 aromatic rings. The lowest BCUT2D eigenvalue weighted by Gasteiger charge is -2.22. The van der Waals surface area contributed by atoms with Crippen LogP contribution in [0.1, 0.15) is 44.2 Å². The Morgan fingerprint density at radius 2 is 1.90 bits per heavy atom. The molecule has 2 rings (SSSR count). The molecule has 0 bridgehead atoms. The van der Waals surface area contributed by atoms with Crippen LogP contribution in [0.15, 0.2) is 28.7 Å². The number of carbonyl (C=O) groups excluding carboxylic acids is 1. The molecule has 0 aliphatic carbocycles. The van der Waals surface area contributed by atoms with Gasteiger partial charge in [0.15, 0.2) is 0 Å². The quantitative estimate of drug-likeness (QED) is 0.911. The first-order valence-electron chi connectivity index (χ1n) is 7.44. The molecule has 1 aliphatic rings. The maximum atomic E-state index is 12.2. The smallest absolute Gasteiger partial charge is 0.236 e. The van der Waals surface area contributed by atoms with Crippen molar-refractivity contribution in [3.05, 3.63) is 34.3 Å². The van der Waals surface area contributed by atoms with Gasteiger partial charge >= 0.3 is 0 Å². The Kier molecular flexibility index (Phi) is 6.05. The second-order valence-electron chi connectivity index (χ2n) is 5.42. The van der Waals surface area contributed by atoms with Gasteiger partial charge in [0.25, 0.3) is 0 Å². The largest absolute Gasteiger partial charge is 0.342 e. The molecular weight excluding hydrogens is 316 g/mol. The molecule has 1 N–H and O–H groups in total. The van der Waals surface area contributed by atoms with E-state index in [1.807, 2.05) is 23.1 Å². The molecule has 0 radical (unpaired) electrons. The predicted molar refractivity (Wildman–Crippen MR) is 85.6 cm³/mol. The van der Waals surface area contributed by atoms with Crippen molar-refractivity contribution in [3.8, 4) is 0 Å². The van der Waals surface area contributed by atoms with E-state index in [4.69, 9.17) is 0 Å². The van der Waals surface area contributed by atoms with Crippen LogP contribution in [-0.2, 0) is 4.79 Å². The number of amides is 1. The predicted octanol–water partition coefficient (Wildman–Crippen LogP) is 3.50. The third-order valence-electron chi connectivity index (χ3n) is 3.89. The topological polar surface area (TPSA) is 32.3 Å². The zero-order valence-electron chi connectivity index (χ0n) is 12.1. The standard InChI is InChI=1S/C16H23BrN2O/c1-13(14-8-4-5-9-15(14)17)18-12-16(20)19-10-6-2-3-7-11-19/h4-5,8-9,13,18H,2-3,6-7,10-12H2,1H3/t13-/m0/s1. The average molecular weight is 339 g/mol. The lowest BCUT2D eigenvalue weighted by atomic mass is 10.1. The summed E-state index contributed by atoms with van der Waals surface area (Å²) in [5.41, 5.74) is 1.19. The van der Waals surface area contributed by atoms with Gasteiger partial charge in [0.1, 0.15) is 0 Å². The maximum Gasteiger partial charge on any atom is 0.236 e. The van der Waals surface area contributed by atoms with Crippen molar-refractivity contribution in [2.45, 2.75) is 38.6 Å². The van der Waals surface area contributed by atoms with Crippen LogP contribution in [0.2, 0.25) is 0 Å². The van der Waals surface area contributed by atoms with Gasteiger partial charge in [0, 0.05) is 23.6 Å². The molecule has 110 valence electrons. The third-order valence-corrected chi connectivity index (χ3v) is 4.61. The van der Waals surface area contributed by atoms with Crippen molar-refractivity contribution in [1.82, 2.24) is 10.2 Å². The van der Waals surface area contributed by atoms with Gasteiger partial charge in [0.05, 0.1) is 6.54 Å². The molecule has 1 aromatic carbocycles. The highest BCUT2D eigenvalue weighted by Crippen LogP contribution is 2.22. The van der Waals surface area contributed by atoms with Crippen LogP contribution >= 0.6 is 15.9 Å². The minimum absolute atomic E-state index is 0.168. The van der Waals surface area contributed by atoms with E-state index >= 15 is 0 Å². The van der Waals surface area contributed by atoms with E-state index in [1.165, 1.54) is 18.4 Å². The zero-order valence-corrected chi connectivity index (χ0v) is 13.7. The molecule has 0 unspecified atom stereocenters. The van der Waals surface area contributed by atoms with Gasteiger partial charge < -0.3 is 10.2 Å². The molecule has 1 saturated heterocycles. The van der Waals surface area contributed by atoms with E-state index < -0.39 is 0 Å². The molecule has 20 heavy (non-hydrogen) atoms. The fourth-order valence-electron chi connectivity index (χ4n) is 2.61. The number of carbonyl (C=O) groups is 1. The molecule has 1 amide bonds. The number of likely N-dealkylation sites (tertiary alicyclic amines) is 1. The second-order valence-corrected chi connectivity index (χ2v) is 6.27. The van der Waals surface area contributed by atoms with Crippen molar-refractivity contribution < 1.29 is 4.79 Å². The number of hydrogen-bond acceptors (Lipinski definition) is 2. The summed E-state index contributed by atoms with van der Waals surface area (Å²) in [6.07, 6.45) is 4.80. The molecule has 0 saturated carbocycles. The number of hydrogen-bond donors (Lipinski definition) is 1. The Morgan fingerprint density at radius 1 is 1.25 bits per heavy atom. The Labute approximate surface area is 129 Å². The number of halogens is 1. The molecule has 4 heteroatoms. The Morgan fingerprint density at radius 3 is 2.55 bits per heavy atom. The minimum Gasteiger partial charge on any atom is -0.342 e. The van der Waals surface area contributed by atoms with Gasteiger partial charge in [-0.15, -0.1) is 0 Å². The third kappa shape index (κ3) is 4.32. The minimum atomic E-state index is 0.168. The molecule has 3 nitrogen and oxygen atoms in total. The summed E-state index contributed by atoms with van der Waals surface area (Å²) in [4.78, 5) is 14.2. The fraction of sp³-hybridized carbons (Fsp3) is 0.562. The van der Waals surface area contributed by atoms with Crippen LogP contribution in [0, 0.1) is 0 Å². The first kappa shape index (κ1) is 15.5. The van der Waals surface area contributed by atoms with Gasteiger partial charge in [-0.2, -0.15) is 0 Å². The highest BCUT2D eigenvalue weighted by atomic mass is 79.9. The molecule has 0 aromatic heterocycles. The van der Waals surface area contributed by atoms with E-state index in [2.05, 4.69) is 34.2 Å². The monoisotopic (exact) mass is 338 g/mol. The van der Waals surface area contributed by atoms with E-state index in [0.717, 1.165) is 30.4 Å². The maximum absolute atomic E-state index is 12.2. The van der Waals surface area contributed by atoms with Crippen molar-refractivity contribution >= 4 is 21.8 Å². The Bertz CT molecular complexity index is 442. The van der Waals surface area contributed by atoms with Crippen LogP contribution in [0.25, 0.3) is 0 Å². The summed E-state index contributed by atoms with van der Waals surface area (Å²) in [7, 11) is 0. The summed E-state index contributed by atoms with van der Waals surface area (Å²) < 4.78 is 1.09.